The van der Waals surface area contributed by atoms with E-state index >= 15 is 0 Å². The highest BCUT2D eigenvalue weighted by atomic mass is 79.9. The Labute approximate surface area is 151 Å². The van der Waals surface area contributed by atoms with E-state index < -0.39 is 17.8 Å². The quantitative estimate of drug-likeness (QED) is 0.398. The summed E-state index contributed by atoms with van der Waals surface area (Å²) in [4.78, 5) is 11.9. The minimum absolute atomic E-state index is 0.0193. The molecule has 126 valence electrons. The number of nitrogens with one attached hydrogen (secondary N) is 1. The molecule has 1 amide bonds. The van der Waals surface area contributed by atoms with E-state index in [4.69, 9.17) is 16.3 Å². The van der Waals surface area contributed by atoms with E-state index in [9.17, 15) is 15.0 Å². The van der Waals surface area contributed by atoms with Crippen molar-refractivity contribution in [1.82, 2.24) is 5.43 Å². The van der Waals surface area contributed by atoms with E-state index in [0.29, 0.717) is 11.3 Å². The molecule has 24 heavy (non-hydrogen) atoms. The van der Waals surface area contributed by atoms with Crippen LogP contribution in [0.4, 0.5) is 0 Å². The van der Waals surface area contributed by atoms with Gasteiger partial charge in [0.1, 0.15) is 5.75 Å². The second-order valence-corrected chi connectivity index (χ2v) is 6.15. The molecule has 6 nitrogen and oxygen atoms in total. The van der Waals surface area contributed by atoms with Crippen molar-refractivity contribution >= 4 is 39.7 Å². The molecule has 0 unspecified atom stereocenters. The predicted octanol–water partition coefficient (Wildman–Crippen LogP) is 3.43. The molecule has 2 aromatic carbocycles. The smallest absolute Gasteiger partial charge is 0.280 e. The monoisotopic (exact) mass is 412 g/mol. The highest BCUT2D eigenvalue weighted by Crippen LogP contribution is 2.33. The second kappa shape index (κ2) is 8.03. The molecule has 0 fully saturated rings. The van der Waals surface area contributed by atoms with Crippen LogP contribution >= 0.6 is 27.5 Å². The van der Waals surface area contributed by atoms with Gasteiger partial charge in [0.05, 0.1) is 11.2 Å². The Morgan fingerprint density at radius 2 is 2.12 bits per heavy atom. The molecule has 0 heterocycles. The van der Waals surface area contributed by atoms with Gasteiger partial charge in [0.2, 0.25) is 0 Å². The third-order valence-corrected chi connectivity index (χ3v) is 3.71. The lowest BCUT2D eigenvalue weighted by Gasteiger charge is -2.13. The first-order chi connectivity index (χ1) is 11.4. The van der Waals surface area contributed by atoms with Crippen LogP contribution in [0.3, 0.4) is 0 Å². The lowest BCUT2D eigenvalue weighted by molar-refractivity contribution is -0.127. The van der Waals surface area contributed by atoms with Crippen molar-refractivity contribution in [2.24, 2.45) is 5.10 Å². The summed E-state index contributed by atoms with van der Waals surface area (Å²) in [7, 11) is 0. The summed E-state index contributed by atoms with van der Waals surface area (Å²) in [6.07, 6.45) is 0.530. The maximum atomic E-state index is 11.9. The van der Waals surface area contributed by atoms with Crippen LogP contribution in [0.2, 0.25) is 5.02 Å². The third kappa shape index (κ3) is 4.87. The van der Waals surface area contributed by atoms with E-state index in [1.54, 1.807) is 25.1 Å². The fourth-order valence-electron chi connectivity index (χ4n) is 1.74. The number of amides is 1. The summed E-state index contributed by atoms with van der Waals surface area (Å²) in [5, 5.41) is 22.6. The number of phenolic OH excluding ortho intramolecular Hbond substituents is 2. The van der Waals surface area contributed by atoms with Gasteiger partial charge in [0.15, 0.2) is 17.6 Å². The molecule has 2 rings (SSSR count). The van der Waals surface area contributed by atoms with Gasteiger partial charge >= 0.3 is 0 Å². The highest BCUT2D eigenvalue weighted by Gasteiger charge is 2.14. The normalized spacial score (nSPS) is 12.1. The molecular weight excluding hydrogens is 400 g/mol. The molecule has 0 aliphatic heterocycles. The summed E-state index contributed by atoms with van der Waals surface area (Å²) in [5.41, 5.74) is 2.74. The fourth-order valence-corrected chi connectivity index (χ4v) is 2.34. The molecule has 0 bridgehead atoms. The zero-order chi connectivity index (χ0) is 17.7. The molecule has 0 spiro atoms. The number of carbonyl (C=O) groups is 1. The molecule has 0 saturated heterocycles. The van der Waals surface area contributed by atoms with Gasteiger partial charge < -0.3 is 14.9 Å². The molecule has 8 heteroatoms. The molecule has 0 radical (unpaired) electrons. The van der Waals surface area contributed by atoms with Crippen molar-refractivity contribution in [3.8, 4) is 17.2 Å². The average Bonchev–Trinajstić information content (AvgIpc) is 2.52. The highest BCUT2D eigenvalue weighted by molar-refractivity contribution is 9.10. The van der Waals surface area contributed by atoms with Crippen LogP contribution in [0.25, 0.3) is 0 Å². The first kappa shape index (κ1) is 18.1. The van der Waals surface area contributed by atoms with Gasteiger partial charge in [0.25, 0.3) is 5.91 Å². The minimum Gasteiger partial charge on any atom is -0.504 e. The first-order valence-corrected chi connectivity index (χ1v) is 8.00. The lowest BCUT2D eigenvalue weighted by atomic mass is 10.2. The topological polar surface area (TPSA) is 91.2 Å². The fraction of sp³-hybridized carbons (Fsp3) is 0.125. The van der Waals surface area contributed by atoms with Crippen LogP contribution in [0.15, 0.2) is 46.0 Å². The van der Waals surface area contributed by atoms with E-state index in [1.807, 2.05) is 6.07 Å². The van der Waals surface area contributed by atoms with E-state index in [2.05, 4.69) is 26.5 Å². The zero-order valence-corrected chi connectivity index (χ0v) is 14.9. The number of nitrogens with zero attached hydrogens (tertiary/aromatic N) is 1. The number of hydrazone groups is 1. The molecule has 0 aliphatic carbocycles. The molecule has 3 N–H and O–H groups in total. The molecule has 0 aliphatic rings. The second-order valence-electron chi connectivity index (χ2n) is 4.82. The van der Waals surface area contributed by atoms with Gasteiger partial charge in [-0.2, -0.15) is 5.10 Å². The number of hydrogen-bond acceptors (Lipinski definition) is 5. The molecule has 0 saturated carbocycles. The van der Waals surface area contributed by atoms with Crippen molar-refractivity contribution in [3.05, 3.63) is 51.5 Å². The van der Waals surface area contributed by atoms with E-state index in [-0.39, 0.29) is 10.8 Å². The number of carbonyl (C=O) groups excluding carboxylic acids is 1. The standard InChI is InChI=1S/C16H14BrClN2O4/c1-9(24-12-4-2-3-11(17)7-12)16(23)20-19-8-10-5-13(18)15(22)14(21)6-10/h2-9,21-22H,1H3,(H,20,23)/b19-8+/t9-/m0/s1. The summed E-state index contributed by atoms with van der Waals surface area (Å²) in [6.45, 7) is 1.59. The van der Waals surface area contributed by atoms with Crippen molar-refractivity contribution in [3.63, 3.8) is 0 Å². The zero-order valence-electron chi connectivity index (χ0n) is 12.5. The van der Waals surface area contributed by atoms with Gasteiger partial charge in [-0.25, -0.2) is 5.43 Å². The molecule has 2 aromatic rings. The van der Waals surface area contributed by atoms with Gasteiger partial charge in [0, 0.05) is 4.47 Å². The van der Waals surface area contributed by atoms with Gasteiger partial charge in [-0.15, -0.1) is 0 Å². The van der Waals surface area contributed by atoms with Crippen LogP contribution in [0.5, 0.6) is 17.2 Å². The Morgan fingerprint density at radius 3 is 2.79 bits per heavy atom. The Kier molecular flexibility index (Phi) is 6.05. The minimum atomic E-state index is -0.756. The van der Waals surface area contributed by atoms with Crippen molar-refractivity contribution in [1.29, 1.82) is 0 Å². The average molecular weight is 414 g/mol. The van der Waals surface area contributed by atoms with Crippen LogP contribution in [-0.2, 0) is 4.79 Å². The number of rotatable bonds is 5. The number of phenols is 2. The van der Waals surface area contributed by atoms with Gasteiger partial charge in [-0.05, 0) is 42.8 Å². The van der Waals surface area contributed by atoms with Crippen LogP contribution in [-0.4, -0.2) is 28.4 Å². The number of aromatic hydroxyl groups is 2. The largest absolute Gasteiger partial charge is 0.504 e. The third-order valence-electron chi connectivity index (χ3n) is 2.93. The van der Waals surface area contributed by atoms with Crippen molar-refractivity contribution in [2.45, 2.75) is 13.0 Å². The van der Waals surface area contributed by atoms with Crippen LogP contribution in [0.1, 0.15) is 12.5 Å². The Morgan fingerprint density at radius 1 is 1.38 bits per heavy atom. The lowest BCUT2D eigenvalue weighted by Crippen LogP contribution is -2.33. The maximum Gasteiger partial charge on any atom is 0.280 e. The Bertz CT molecular complexity index is 759. The Hall–Kier alpha value is -2.25. The van der Waals surface area contributed by atoms with E-state index in [0.717, 1.165) is 4.47 Å². The van der Waals surface area contributed by atoms with Crippen molar-refractivity contribution < 1.29 is 19.7 Å². The molecule has 0 aromatic heterocycles. The number of halogens is 2. The summed E-state index contributed by atoms with van der Waals surface area (Å²) in [5.74, 6) is -0.679. The van der Waals surface area contributed by atoms with Gasteiger partial charge in [-0.3, -0.25) is 4.79 Å². The van der Waals surface area contributed by atoms with Crippen molar-refractivity contribution in [2.75, 3.05) is 0 Å². The molecular formula is C16H14BrClN2O4. The van der Waals surface area contributed by atoms with E-state index in [1.165, 1.54) is 18.3 Å². The van der Waals surface area contributed by atoms with Crippen LogP contribution < -0.4 is 10.2 Å². The number of hydrogen-bond donors (Lipinski definition) is 3. The molecule has 1 atom stereocenters. The summed E-state index contributed by atoms with van der Waals surface area (Å²) >= 11 is 9.05. The SMILES string of the molecule is C[C@H](Oc1cccc(Br)c1)C(=O)N/N=C/c1cc(O)c(O)c(Cl)c1. The predicted molar refractivity (Wildman–Crippen MR) is 94.8 cm³/mol. The summed E-state index contributed by atoms with van der Waals surface area (Å²) < 4.78 is 6.35. The van der Waals surface area contributed by atoms with Gasteiger partial charge in [-0.1, -0.05) is 33.6 Å². The number of benzene rings is 2. The summed E-state index contributed by atoms with van der Waals surface area (Å²) in [6, 6.07) is 9.78. The van der Waals surface area contributed by atoms with Crippen LogP contribution in [0, 0.1) is 0 Å². The number of ether oxygens (including phenoxy) is 1. The Balaban J connectivity index is 1.94. The first-order valence-electron chi connectivity index (χ1n) is 6.83. The maximum absolute atomic E-state index is 11.9.